The lowest BCUT2D eigenvalue weighted by Gasteiger charge is -2.36. The topological polar surface area (TPSA) is 41.6 Å². The number of amides is 1. The molecular weight excluding hydrogens is 402 g/mol. The number of hydrogen-bond acceptors (Lipinski definition) is 3. The minimum absolute atomic E-state index is 0.162. The van der Waals surface area contributed by atoms with Crippen LogP contribution < -0.4 is 10.1 Å². The third-order valence-corrected chi connectivity index (χ3v) is 5.40. The van der Waals surface area contributed by atoms with Crippen LogP contribution in [0.3, 0.4) is 0 Å². The van der Waals surface area contributed by atoms with Gasteiger partial charge < -0.3 is 15.0 Å². The Bertz CT molecular complexity index is 838. The molecule has 1 heterocycles. The number of carbonyl (C=O) groups is 1. The fraction of sp³-hybridized carbons (Fsp3) is 0.286. The van der Waals surface area contributed by atoms with Crippen molar-refractivity contribution in [3.05, 3.63) is 76.6 Å². The molecule has 1 saturated heterocycles. The van der Waals surface area contributed by atoms with Gasteiger partial charge in [-0.1, -0.05) is 41.4 Å². The van der Waals surface area contributed by atoms with Crippen molar-refractivity contribution in [2.24, 2.45) is 0 Å². The first-order chi connectivity index (χ1) is 13.5. The highest BCUT2D eigenvalue weighted by Crippen LogP contribution is 2.28. The van der Waals surface area contributed by atoms with Gasteiger partial charge in [0.2, 0.25) is 0 Å². The zero-order valence-corrected chi connectivity index (χ0v) is 16.7. The van der Waals surface area contributed by atoms with Crippen molar-refractivity contribution in [2.45, 2.75) is 18.5 Å². The maximum atomic E-state index is 15.0. The molecule has 1 aliphatic heterocycles. The molecule has 2 aromatic rings. The molecule has 0 saturated carbocycles. The van der Waals surface area contributed by atoms with E-state index in [2.05, 4.69) is 5.32 Å². The van der Waals surface area contributed by atoms with Crippen LogP contribution in [-0.2, 0) is 0 Å². The van der Waals surface area contributed by atoms with E-state index in [0.717, 1.165) is 0 Å². The Morgan fingerprint density at radius 3 is 2.54 bits per heavy atom. The van der Waals surface area contributed by atoms with Gasteiger partial charge in [0.05, 0.1) is 10.0 Å². The number of hydrogen-bond donors (Lipinski definition) is 1. The molecule has 1 N–H and O–H groups in total. The molecule has 1 fully saturated rings. The Morgan fingerprint density at radius 2 is 1.86 bits per heavy atom. The molecule has 3 rings (SSSR count). The summed E-state index contributed by atoms with van der Waals surface area (Å²) in [7, 11) is 0. The summed E-state index contributed by atoms with van der Waals surface area (Å²) < 4.78 is 20.4. The van der Waals surface area contributed by atoms with E-state index in [4.69, 9.17) is 27.9 Å². The van der Waals surface area contributed by atoms with Gasteiger partial charge in [-0.3, -0.25) is 4.79 Å². The molecule has 0 bridgehead atoms. The smallest absolute Gasteiger partial charge is 0.253 e. The molecule has 1 amide bonds. The summed E-state index contributed by atoms with van der Waals surface area (Å²) in [6.07, 6.45) is 3.60. The number of para-hydroxylation sites is 1. The summed E-state index contributed by atoms with van der Waals surface area (Å²) in [6, 6.07) is 14.1. The maximum absolute atomic E-state index is 15.0. The molecule has 7 heteroatoms. The molecule has 0 aromatic heterocycles. The van der Waals surface area contributed by atoms with Crippen LogP contribution in [0.5, 0.6) is 5.75 Å². The quantitative estimate of drug-likeness (QED) is 0.660. The first kappa shape index (κ1) is 20.5. The van der Waals surface area contributed by atoms with Crippen LogP contribution in [0.1, 0.15) is 23.2 Å². The fourth-order valence-corrected chi connectivity index (χ4v) is 3.30. The Kier molecular flexibility index (Phi) is 6.81. The Morgan fingerprint density at radius 1 is 1.14 bits per heavy atom. The van der Waals surface area contributed by atoms with E-state index in [9.17, 15) is 9.18 Å². The highest BCUT2D eigenvalue weighted by molar-refractivity contribution is 6.42. The summed E-state index contributed by atoms with van der Waals surface area (Å²) in [6.45, 7) is 0.861. The monoisotopic (exact) mass is 422 g/mol. The molecule has 4 nitrogen and oxygen atoms in total. The number of alkyl halides is 1. The summed E-state index contributed by atoms with van der Waals surface area (Å²) in [5, 5.41) is 3.67. The van der Waals surface area contributed by atoms with Gasteiger partial charge in [-0.25, -0.2) is 4.39 Å². The average molecular weight is 423 g/mol. The summed E-state index contributed by atoms with van der Waals surface area (Å²) in [5.74, 6) is 0.550. The van der Waals surface area contributed by atoms with E-state index in [-0.39, 0.29) is 25.3 Å². The number of carbonyl (C=O) groups excluding carboxylic acids is 1. The van der Waals surface area contributed by atoms with Crippen molar-refractivity contribution >= 4 is 29.1 Å². The number of nitrogens with zero attached hydrogens (tertiary/aromatic N) is 1. The van der Waals surface area contributed by atoms with Crippen molar-refractivity contribution in [3.63, 3.8) is 0 Å². The molecule has 2 aromatic carbocycles. The van der Waals surface area contributed by atoms with E-state index in [1.54, 1.807) is 29.3 Å². The van der Waals surface area contributed by atoms with Crippen molar-refractivity contribution in [3.8, 4) is 5.75 Å². The number of halogens is 3. The van der Waals surface area contributed by atoms with E-state index in [1.165, 1.54) is 6.26 Å². The zero-order chi connectivity index (χ0) is 20.0. The van der Waals surface area contributed by atoms with Crippen LogP contribution in [0.15, 0.2) is 61.0 Å². The van der Waals surface area contributed by atoms with Gasteiger partial charge in [0, 0.05) is 44.2 Å². The van der Waals surface area contributed by atoms with Crippen LogP contribution in [0, 0.1) is 0 Å². The third-order valence-electron chi connectivity index (χ3n) is 4.67. The van der Waals surface area contributed by atoms with Gasteiger partial charge in [-0.05, 0) is 30.3 Å². The second-order valence-electron chi connectivity index (χ2n) is 6.69. The van der Waals surface area contributed by atoms with E-state index in [0.29, 0.717) is 34.4 Å². The molecule has 0 aliphatic carbocycles. The highest BCUT2D eigenvalue weighted by atomic mass is 35.5. The second-order valence-corrected chi connectivity index (χ2v) is 7.50. The number of ether oxygens (including phenoxy) is 1. The maximum Gasteiger partial charge on any atom is 0.253 e. The average Bonchev–Trinajstić information content (AvgIpc) is 2.71. The molecule has 1 aliphatic rings. The van der Waals surface area contributed by atoms with E-state index < -0.39 is 5.67 Å². The molecular formula is C21H21Cl2FN2O2. The zero-order valence-electron chi connectivity index (χ0n) is 15.2. The van der Waals surface area contributed by atoms with Gasteiger partial charge in [-0.2, -0.15) is 0 Å². The van der Waals surface area contributed by atoms with Crippen molar-refractivity contribution < 1.29 is 13.9 Å². The number of piperidine rings is 1. The van der Waals surface area contributed by atoms with E-state index in [1.807, 2.05) is 30.3 Å². The largest absolute Gasteiger partial charge is 0.464 e. The van der Waals surface area contributed by atoms with Gasteiger partial charge in [-0.15, -0.1) is 0 Å². The van der Waals surface area contributed by atoms with Crippen molar-refractivity contribution in [1.29, 1.82) is 0 Å². The number of nitrogens with one attached hydrogen (secondary N) is 1. The third kappa shape index (κ3) is 5.40. The lowest BCUT2D eigenvalue weighted by molar-refractivity contribution is 0.0448. The molecule has 0 spiro atoms. The Balaban J connectivity index is 1.45. The normalized spacial score (nSPS) is 16.2. The highest BCUT2D eigenvalue weighted by Gasteiger charge is 2.35. The minimum Gasteiger partial charge on any atom is -0.464 e. The van der Waals surface area contributed by atoms with Crippen LogP contribution >= 0.6 is 23.2 Å². The lowest BCUT2D eigenvalue weighted by Crippen LogP contribution is -2.48. The summed E-state index contributed by atoms with van der Waals surface area (Å²) in [5.41, 5.74) is -0.911. The minimum atomic E-state index is -1.37. The first-order valence-corrected chi connectivity index (χ1v) is 9.76. The number of rotatable bonds is 6. The van der Waals surface area contributed by atoms with Crippen LogP contribution in [-0.4, -0.2) is 36.1 Å². The second kappa shape index (κ2) is 9.30. The molecule has 0 radical (unpaired) electrons. The number of likely N-dealkylation sites (tertiary alicyclic amines) is 1. The standard InChI is InChI=1S/C21H21Cl2FN2O2/c22-18-7-6-16(14-19(18)23)20(27)26-11-8-21(24,9-12-26)15-25-10-13-28-17-4-2-1-3-5-17/h1-7,10,13-14,25H,8-9,11-12,15H2/b13-10+. The summed E-state index contributed by atoms with van der Waals surface area (Å²) >= 11 is 11.9. The van der Waals surface area contributed by atoms with Crippen LogP contribution in [0.4, 0.5) is 4.39 Å². The van der Waals surface area contributed by atoms with E-state index >= 15 is 0 Å². The van der Waals surface area contributed by atoms with Gasteiger partial charge in [0.15, 0.2) is 0 Å². The predicted molar refractivity (Wildman–Crippen MR) is 110 cm³/mol. The Hall–Kier alpha value is -2.24. The van der Waals surface area contributed by atoms with Crippen molar-refractivity contribution in [2.75, 3.05) is 19.6 Å². The lowest BCUT2D eigenvalue weighted by atomic mass is 9.93. The summed E-state index contributed by atoms with van der Waals surface area (Å²) in [4.78, 5) is 14.2. The molecule has 0 atom stereocenters. The van der Waals surface area contributed by atoms with Gasteiger partial charge >= 0.3 is 0 Å². The molecule has 0 unspecified atom stereocenters. The molecule has 148 valence electrons. The van der Waals surface area contributed by atoms with Crippen LogP contribution in [0.2, 0.25) is 10.0 Å². The molecule has 28 heavy (non-hydrogen) atoms. The fourth-order valence-electron chi connectivity index (χ4n) is 3.00. The van der Waals surface area contributed by atoms with Crippen molar-refractivity contribution in [1.82, 2.24) is 10.2 Å². The predicted octanol–water partition coefficient (Wildman–Crippen LogP) is 5.08. The Labute approximate surface area is 173 Å². The van der Waals surface area contributed by atoms with Crippen LogP contribution in [0.25, 0.3) is 0 Å². The van der Waals surface area contributed by atoms with Gasteiger partial charge in [0.1, 0.15) is 17.7 Å². The number of benzene rings is 2. The SMILES string of the molecule is O=C(c1ccc(Cl)c(Cl)c1)N1CCC(F)(CN/C=C/Oc2ccccc2)CC1. The van der Waals surface area contributed by atoms with Gasteiger partial charge in [0.25, 0.3) is 5.91 Å². The first-order valence-electron chi connectivity index (χ1n) is 9.00.